The smallest absolute Gasteiger partial charge is 0.281 e. The van der Waals surface area contributed by atoms with E-state index in [4.69, 9.17) is 5.73 Å². The van der Waals surface area contributed by atoms with Crippen LogP contribution < -0.4 is 5.73 Å². The molecule has 2 N–H and O–H groups in total. The van der Waals surface area contributed by atoms with Crippen molar-refractivity contribution in [3.8, 4) is 0 Å². The average molecular weight is 386 g/mol. The van der Waals surface area contributed by atoms with Gasteiger partial charge in [-0.05, 0) is 18.9 Å². The summed E-state index contributed by atoms with van der Waals surface area (Å²) in [6, 6.07) is 8.12. The Hall–Kier alpha value is -2.94. The van der Waals surface area contributed by atoms with Gasteiger partial charge in [0.15, 0.2) is 0 Å². The second-order valence-electron chi connectivity index (χ2n) is 6.76. The van der Waals surface area contributed by atoms with E-state index in [1.165, 1.54) is 0 Å². The summed E-state index contributed by atoms with van der Waals surface area (Å²) in [7, 11) is 0. The highest BCUT2D eigenvalue weighted by atomic mass is 19.3. The molecule has 0 saturated carbocycles. The summed E-state index contributed by atoms with van der Waals surface area (Å²) in [5.74, 6) is -0.376. The predicted octanol–water partition coefficient (Wildman–Crippen LogP) is 2.70. The molecule has 1 fully saturated rings. The molecule has 1 aliphatic heterocycles. The van der Waals surface area contributed by atoms with Gasteiger partial charge in [-0.1, -0.05) is 18.2 Å². The molecule has 1 aromatic carbocycles. The fourth-order valence-electron chi connectivity index (χ4n) is 3.63. The van der Waals surface area contributed by atoms with Crippen molar-refractivity contribution >= 4 is 16.8 Å². The topological polar surface area (TPSA) is 89.9 Å². The molecular weight excluding hydrogens is 366 g/mol. The summed E-state index contributed by atoms with van der Waals surface area (Å²) in [6.07, 6.45) is 1.52. The molecule has 28 heavy (non-hydrogen) atoms. The van der Waals surface area contributed by atoms with Crippen molar-refractivity contribution in [1.29, 1.82) is 0 Å². The number of likely N-dealkylation sites (tertiary alicyclic amines) is 1. The second-order valence-corrected chi connectivity index (χ2v) is 6.76. The van der Waals surface area contributed by atoms with Crippen LogP contribution in [0, 0.1) is 0 Å². The zero-order valence-electron chi connectivity index (χ0n) is 15.1. The maximum absolute atomic E-state index is 13.4. The van der Waals surface area contributed by atoms with Gasteiger partial charge in [-0.25, -0.2) is 18.7 Å². The van der Waals surface area contributed by atoms with Gasteiger partial charge >= 0.3 is 0 Å². The Kier molecular flexibility index (Phi) is 4.99. The maximum Gasteiger partial charge on any atom is 0.281 e. The highest BCUT2D eigenvalue weighted by Crippen LogP contribution is 2.28. The number of fused-ring (bicyclic) bond motifs is 1. The highest BCUT2D eigenvalue weighted by Gasteiger charge is 2.29. The Morgan fingerprint density at radius 2 is 1.96 bits per heavy atom. The first-order valence-electron chi connectivity index (χ1n) is 9.14. The summed E-state index contributed by atoms with van der Waals surface area (Å²) in [5, 5.41) is 5.55. The summed E-state index contributed by atoms with van der Waals surface area (Å²) in [5.41, 5.74) is 5.76. The fraction of sp³-hybridized carbons (Fsp3) is 0.368. The van der Waals surface area contributed by atoms with Crippen LogP contribution in [0.5, 0.6) is 0 Å². The fourth-order valence-corrected chi connectivity index (χ4v) is 3.63. The van der Waals surface area contributed by atoms with E-state index in [2.05, 4.69) is 15.1 Å². The van der Waals surface area contributed by atoms with E-state index in [1.54, 1.807) is 4.90 Å². The molecule has 2 aromatic heterocycles. The number of para-hydroxylation sites is 1. The van der Waals surface area contributed by atoms with E-state index in [1.807, 2.05) is 35.1 Å². The molecule has 1 amide bonds. The number of halogens is 2. The van der Waals surface area contributed by atoms with Crippen molar-refractivity contribution in [2.75, 3.05) is 13.1 Å². The number of amides is 1. The van der Waals surface area contributed by atoms with E-state index in [9.17, 15) is 13.6 Å². The third-order valence-corrected chi connectivity index (χ3v) is 5.09. The van der Waals surface area contributed by atoms with Gasteiger partial charge in [0.2, 0.25) is 0 Å². The van der Waals surface area contributed by atoms with Crippen LogP contribution in [0.4, 0.5) is 8.78 Å². The molecule has 0 atom stereocenters. The van der Waals surface area contributed by atoms with Gasteiger partial charge < -0.3 is 10.6 Å². The third-order valence-electron chi connectivity index (χ3n) is 5.09. The highest BCUT2D eigenvalue weighted by molar-refractivity contribution is 5.95. The first kappa shape index (κ1) is 18.4. The minimum atomic E-state index is -2.86. The number of hydrogen-bond donors (Lipinski definition) is 1. The Labute approximate surface area is 160 Å². The molecule has 146 valence electrons. The second kappa shape index (κ2) is 7.59. The Bertz CT molecular complexity index is 997. The van der Waals surface area contributed by atoms with Crippen molar-refractivity contribution in [2.24, 2.45) is 5.73 Å². The summed E-state index contributed by atoms with van der Waals surface area (Å²) < 4.78 is 28.7. The van der Waals surface area contributed by atoms with E-state index >= 15 is 0 Å². The molecule has 4 rings (SSSR count). The van der Waals surface area contributed by atoms with Crippen molar-refractivity contribution in [2.45, 2.75) is 31.9 Å². The Balaban J connectivity index is 1.50. The van der Waals surface area contributed by atoms with Crippen LogP contribution in [-0.2, 0) is 6.54 Å². The van der Waals surface area contributed by atoms with E-state index in [-0.39, 0.29) is 24.0 Å². The largest absolute Gasteiger partial charge is 0.338 e. The first-order valence-corrected chi connectivity index (χ1v) is 9.14. The molecule has 0 bridgehead atoms. The number of hydrogen-bond acceptors (Lipinski definition) is 5. The van der Waals surface area contributed by atoms with Crippen molar-refractivity contribution in [1.82, 2.24) is 24.6 Å². The SMILES string of the molecule is NCc1ncc(C(=O)N2CCC(n3ncc4ccccc43)CC2)c(C(F)F)n1. The normalized spacial score (nSPS) is 15.5. The first-order chi connectivity index (χ1) is 13.6. The molecule has 1 aliphatic rings. The number of carbonyl (C=O) groups is 1. The molecule has 0 unspecified atom stereocenters. The number of alkyl halides is 2. The zero-order valence-corrected chi connectivity index (χ0v) is 15.1. The van der Waals surface area contributed by atoms with Gasteiger partial charge in [0, 0.05) is 24.7 Å². The van der Waals surface area contributed by atoms with Crippen molar-refractivity contribution in [3.63, 3.8) is 0 Å². The van der Waals surface area contributed by atoms with Crippen LogP contribution in [0.2, 0.25) is 0 Å². The summed E-state index contributed by atoms with van der Waals surface area (Å²) in [6.45, 7) is 0.857. The Morgan fingerprint density at radius 1 is 1.21 bits per heavy atom. The minimum Gasteiger partial charge on any atom is -0.338 e. The summed E-state index contributed by atoms with van der Waals surface area (Å²) >= 11 is 0. The van der Waals surface area contributed by atoms with Gasteiger partial charge in [-0.2, -0.15) is 5.10 Å². The lowest BCUT2D eigenvalue weighted by atomic mass is 10.0. The van der Waals surface area contributed by atoms with Crippen LogP contribution in [0.1, 0.15) is 47.2 Å². The van der Waals surface area contributed by atoms with E-state index in [0.717, 1.165) is 17.1 Å². The third kappa shape index (κ3) is 3.33. The number of aromatic nitrogens is 4. The number of nitrogens with two attached hydrogens (primary N) is 1. The minimum absolute atomic E-state index is 0.0581. The molecule has 7 nitrogen and oxygen atoms in total. The lowest BCUT2D eigenvalue weighted by Gasteiger charge is -2.32. The van der Waals surface area contributed by atoms with Crippen LogP contribution >= 0.6 is 0 Å². The van der Waals surface area contributed by atoms with Crippen LogP contribution in [0.15, 0.2) is 36.7 Å². The monoisotopic (exact) mass is 386 g/mol. The number of piperidine rings is 1. The van der Waals surface area contributed by atoms with Gasteiger partial charge in [-0.3, -0.25) is 9.48 Å². The van der Waals surface area contributed by atoms with Crippen LogP contribution in [0.25, 0.3) is 10.9 Å². The van der Waals surface area contributed by atoms with Gasteiger partial charge in [0.05, 0.1) is 29.9 Å². The molecule has 3 aromatic rings. The lowest BCUT2D eigenvalue weighted by Crippen LogP contribution is -2.39. The maximum atomic E-state index is 13.4. The molecule has 0 aliphatic carbocycles. The number of carbonyl (C=O) groups excluding carboxylic acids is 1. The molecule has 3 heterocycles. The zero-order chi connectivity index (χ0) is 19.7. The summed E-state index contributed by atoms with van der Waals surface area (Å²) in [4.78, 5) is 22.0. The molecular formula is C19H20F2N6O. The Morgan fingerprint density at radius 3 is 2.68 bits per heavy atom. The van der Waals surface area contributed by atoms with Crippen molar-refractivity contribution < 1.29 is 13.6 Å². The van der Waals surface area contributed by atoms with Crippen molar-refractivity contribution in [3.05, 3.63) is 53.7 Å². The molecule has 0 spiro atoms. The van der Waals surface area contributed by atoms with Gasteiger partial charge in [0.1, 0.15) is 11.5 Å². The van der Waals surface area contributed by atoms with Crippen LogP contribution in [-0.4, -0.2) is 43.6 Å². The van der Waals surface area contributed by atoms with Gasteiger partial charge in [-0.15, -0.1) is 0 Å². The van der Waals surface area contributed by atoms with E-state index < -0.39 is 18.0 Å². The standard InChI is InChI=1S/C19H20F2N6O/c20-18(21)17-14(11-23-16(9-22)25-17)19(28)26-7-5-13(6-8-26)27-15-4-2-1-3-12(15)10-24-27/h1-4,10-11,13,18H,5-9,22H2. The number of benzene rings is 1. The predicted molar refractivity (Wildman–Crippen MR) is 98.8 cm³/mol. The van der Waals surface area contributed by atoms with Crippen LogP contribution in [0.3, 0.4) is 0 Å². The van der Waals surface area contributed by atoms with Gasteiger partial charge in [0.25, 0.3) is 12.3 Å². The van der Waals surface area contributed by atoms with E-state index in [0.29, 0.717) is 25.9 Å². The number of nitrogens with zero attached hydrogens (tertiary/aromatic N) is 5. The lowest BCUT2D eigenvalue weighted by molar-refractivity contribution is 0.0677. The number of rotatable bonds is 4. The molecule has 0 radical (unpaired) electrons. The average Bonchev–Trinajstić information content (AvgIpc) is 3.17. The molecule has 1 saturated heterocycles. The quantitative estimate of drug-likeness (QED) is 0.745. The molecule has 9 heteroatoms.